The summed E-state index contributed by atoms with van der Waals surface area (Å²) < 4.78 is 16.7. The van der Waals surface area contributed by atoms with Gasteiger partial charge in [-0.15, -0.1) is 0 Å². The number of benzene rings is 2. The third-order valence-electron chi connectivity index (χ3n) is 6.69. The van der Waals surface area contributed by atoms with Crippen LogP contribution >= 0.6 is 0 Å². The largest absolute Gasteiger partial charge is 0.872 e. The van der Waals surface area contributed by atoms with E-state index in [9.17, 15) is 14.7 Å². The molecule has 8 heteroatoms. The van der Waals surface area contributed by atoms with E-state index in [0.29, 0.717) is 54.6 Å². The van der Waals surface area contributed by atoms with Gasteiger partial charge in [0.25, 0.3) is 5.91 Å². The van der Waals surface area contributed by atoms with Crippen molar-refractivity contribution in [2.45, 2.75) is 40.2 Å². The second kappa shape index (κ2) is 13.1. The molecule has 1 fully saturated rings. The van der Waals surface area contributed by atoms with Gasteiger partial charge in [0.15, 0.2) is 11.5 Å². The van der Waals surface area contributed by atoms with Gasteiger partial charge in [-0.25, -0.2) is 0 Å². The second-order valence-corrected chi connectivity index (χ2v) is 8.83. The summed E-state index contributed by atoms with van der Waals surface area (Å²) in [6.07, 6.45) is 0.714. The predicted molar refractivity (Wildman–Crippen MR) is 140 cm³/mol. The van der Waals surface area contributed by atoms with Gasteiger partial charge in [-0.2, -0.15) is 0 Å². The molecule has 2 aromatic carbocycles. The minimum absolute atomic E-state index is 0.0445. The average Bonchev–Trinajstić information content (AvgIpc) is 3.17. The third-order valence-corrected chi connectivity index (χ3v) is 6.69. The lowest BCUT2D eigenvalue weighted by molar-refractivity contribution is -0.896. The molecule has 3 rings (SSSR count). The molecular formula is C29H38N2O6. The zero-order chi connectivity index (χ0) is 26.9. The zero-order valence-electron chi connectivity index (χ0n) is 22.5. The summed E-state index contributed by atoms with van der Waals surface area (Å²) >= 11 is 0. The highest BCUT2D eigenvalue weighted by atomic mass is 16.5. The first-order chi connectivity index (χ1) is 17.9. The Balaban J connectivity index is 2.09. The van der Waals surface area contributed by atoms with Gasteiger partial charge in [0.05, 0.1) is 46.0 Å². The molecule has 0 aliphatic carbocycles. The Labute approximate surface area is 219 Å². The summed E-state index contributed by atoms with van der Waals surface area (Å²) in [7, 11) is 1.54. The molecule has 0 radical (unpaired) electrons. The molecule has 37 heavy (non-hydrogen) atoms. The van der Waals surface area contributed by atoms with Crippen LogP contribution < -0.4 is 24.2 Å². The Morgan fingerprint density at radius 2 is 1.59 bits per heavy atom. The van der Waals surface area contributed by atoms with Gasteiger partial charge in [-0.05, 0) is 63.1 Å². The van der Waals surface area contributed by atoms with Crippen molar-refractivity contribution in [2.75, 3.05) is 46.5 Å². The monoisotopic (exact) mass is 510 g/mol. The number of quaternary nitrogens is 1. The Bertz CT molecular complexity index is 1110. The lowest BCUT2D eigenvalue weighted by Crippen LogP contribution is -3.11. The van der Waals surface area contributed by atoms with Crippen LogP contribution in [0.1, 0.15) is 51.3 Å². The zero-order valence-corrected chi connectivity index (χ0v) is 22.5. The quantitative estimate of drug-likeness (QED) is 0.252. The summed E-state index contributed by atoms with van der Waals surface area (Å²) in [6.45, 7) is 12.1. The van der Waals surface area contributed by atoms with Gasteiger partial charge in [-0.3, -0.25) is 9.59 Å². The lowest BCUT2D eigenvalue weighted by atomic mass is 9.95. The lowest BCUT2D eigenvalue weighted by Gasteiger charge is -2.28. The maximum absolute atomic E-state index is 13.6. The molecule has 1 aliphatic heterocycles. The van der Waals surface area contributed by atoms with Gasteiger partial charge in [0.2, 0.25) is 5.78 Å². The Hall–Kier alpha value is -3.52. The third kappa shape index (κ3) is 6.25. The highest BCUT2D eigenvalue weighted by Crippen LogP contribution is 2.41. The van der Waals surface area contributed by atoms with Crippen molar-refractivity contribution in [1.29, 1.82) is 0 Å². The number of Topliss-reactive ketones (excluding diaryl/α,β-unsaturated/α-hetero) is 1. The van der Waals surface area contributed by atoms with Crippen LogP contribution in [0.15, 0.2) is 48.0 Å². The van der Waals surface area contributed by atoms with Crippen LogP contribution in [0.2, 0.25) is 0 Å². The number of ketones is 1. The van der Waals surface area contributed by atoms with Crippen molar-refractivity contribution in [1.82, 2.24) is 4.90 Å². The van der Waals surface area contributed by atoms with Gasteiger partial charge in [-0.1, -0.05) is 24.0 Å². The number of carbonyl (C=O) groups excluding carboxylic acids is 2. The van der Waals surface area contributed by atoms with Crippen LogP contribution in [0.3, 0.4) is 0 Å². The normalized spacial score (nSPS) is 16.9. The average molecular weight is 511 g/mol. The van der Waals surface area contributed by atoms with E-state index in [2.05, 4.69) is 13.8 Å². The fourth-order valence-corrected chi connectivity index (χ4v) is 4.69. The van der Waals surface area contributed by atoms with Crippen molar-refractivity contribution in [2.24, 2.45) is 0 Å². The number of amides is 1. The first-order valence-corrected chi connectivity index (χ1v) is 13.0. The molecule has 0 spiro atoms. The summed E-state index contributed by atoms with van der Waals surface area (Å²) in [6, 6.07) is 11.1. The van der Waals surface area contributed by atoms with Crippen LogP contribution in [0.4, 0.5) is 0 Å². The van der Waals surface area contributed by atoms with E-state index in [1.54, 1.807) is 49.6 Å². The Morgan fingerprint density at radius 3 is 2.19 bits per heavy atom. The van der Waals surface area contributed by atoms with E-state index in [0.717, 1.165) is 19.6 Å². The molecule has 200 valence electrons. The van der Waals surface area contributed by atoms with E-state index < -0.39 is 23.5 Å². The maximum atomic E-state index is 13.6. The molecule has 8 nitrogen and oxygen atoms in total. The van der Waals surface area contributed by atoms with E-state index >= 15 is 0 Å². The SMILES string of the molecule is CCOc1ccc(C2C(=C([O-])c3ccc(OC)cc3)C(=O)C(=O)N2CCC[NH+](CC)CC)cc1OCC. The number of hydrogen-bond acceptors (Lipinski definition) is 6. The van der Waals surface area contributed by atoms with Crippen molar-refractivity contribution in [3.8, 4) is 17.2 Å². The fraction of sp³-hybridized carbons (Fsp3) is 0.448. The smallest absolute Gasteiger partial charge is 0.295 e. The topological polar surface area (TPSA) is 92.6 Å². The molecular weight excluding hydrogens is 472 g/mol. The number of carbonyl (C=O) groups is 2. The van der Waals surface area contributed by atoms with E-state index in [1.165, 1.54) is 9.80 Å². The standard InChI is InChI=1S/C29H38N2O6/c1-6-30(7-2)17-10-18-31-26(21-13-16-23(36-8-3)24(19-21)37-9-4)25(28(33)29(31)34)27(32)20-11-14-22(35-5)15-12-20/h11-16,19,26,32H,6-10,17-18H2,1-5H3. The number of methoxy groups -OCH3 is 1. The number of hydrogen-bond donors (Lipinski definition) is 1. The number of ether oxygens (including phenoxy) is 3. The summed E-state index contributed by atoms with van der Waals surface area (Å²) in [4.78, 5) is 29.5. The predicted octanol–water partition coefficient (Wildman–Crippen LogP) is 2.03. The molecule has 1 N–H and O–H groups in total. The fourth-order valence-electron chi connectivity index (χ4n) is 4.69. The molecule has 0 bridgehead atoms. The highest BCUT2D eigenvalue weighted by molar-refractivity contribution is 6.46. The molecule has 1 aliphatic rings. The van der Waals surface area contributed by atoms with Crippen molar-refractivity contribution < 1.29 is 33.8 Å². The van der Waals surface area contributed by atoms with Gasteiger partial charge >= 0.3 is 0 Å². The van der Waals surface area contributed by atoms with Gasteiger partial charge < -0.3 is 29.1 Å². The molecule has 1 atom stereocenters. The summed E-state index contributed by atoms with van der Waals surface area (Å²) in [5.41, 5.74) is 0.919. The molecule has 1 saturated heterocycles. The maximum Gasteiger partial charge on any atom is 0.295 e. The molecule has 1 unspecified atom stereocenters. The second-order valence-electron chi connectivity index (χ2n) is 8.83. The number of nitrogens with one attached hydrogen (secondary N) is 1. The van der Waals surface area contributed by atoms with Crippen LogP contribution in [-0.2, 0) is 9.59 Å². The van der Waals surface area contributed by atoms with Crippen molar-refractivity contribution in [3.05, 3.63) is 59.2 Å². The minimum Gasteiger partial charge on any atom is -0.872 e. The van der Waals surface area contributed by atoms with Crippen LogP contribution in [0, 0.1) is 0 Å². The Morgan fingerprint density at radius 1 is 0.946 bits per heavy atom. The minimum atomic E-state index is -0.809. The van der Waals surface area contributed by atoms with E-state index in [4.69, 9.17) is 14.2 Å². The van der Waals surface area contributed by atoms with Crippen LogP contribution in [-0.4, -0.2) is 63.1 Å². The number of rotatable bonds is 13. The number of likely N-dealkylation sites (tertiary alicyclic amines) is 1. The van der Waals surface area contributed by atoms with Gasteiger partial charge in [0.1, 0.15) is 5.75 Å². The molecule has 1 heterocycles. The van der Waals surface area contributed by atoms with Gasteiger partial charge in [0, 0.05) is 18.5 Å². The highest BCUT2D eigenvalue weighted by Gasteiger charge is 2.44. The molecule has 0 saturated carbocycles. The summed E-state index contributed by atoms with van der Waals surface area (Å²) in [5.74, 6) is -0.188. The van der Waals surface area contributed by atoms with Crippen LogP contribution in [0.5, 0.6) is 17.2 Å². The van der Waals surface area contributed by atoms with E-state index in [1.807, 2.05) is 13.8 Å². The van der Waals surface area contributed by atoms with Crippen molar-refractivity contribution >= 4 is 17.4 Å². The molecule has 0 aromatic heterocycles. The Kier molecular flexibility index (Phi) is 9.97. The number of nitrogens with zero attached hydrogens (tertiary/aromatic N) is 1. The first-order valence-electron chi connectivity index (χ1n) is 13.0. The first kappa shape index (κ1) is 28.1. The summed E-state index contributed by atoms with van der Waals surface area (Å²) in [5, 5.41) is 13.6. The molecule has 2 aromatic rings. The van der Waals surface area contributed by atoms with Crippen LogP contribution in [0.25, 0.3) is 5.76 Å². The van der Waals surface area contributed by atoms with Crippen molar-refractivity contribution in [3.63, 3.8) is 0 Å². The molecule has 1 amide bonds. The van der Waals surface area contributed by atoms with E-state index in [-0.39, 0.29) is 5.57 Å².